The second-order valence-electron chi connectivity index (χ2n) is 5.03. The Morgan fingerprint density at radius 1 is 1.13 bits per heavy atom. The maximum absolute atomic E-state index is 13.1. The van der Waals surface area contributed by atoms with E-state index in [0.717, 1.165) is 0 Å². The molecule has 2 aromatic rings. The molecular weight excluding hydrogens is 333 g/mol. The normalized spacial score (nSPS) is 21.0. The van der Waals surface area contributed by atoms with Crippen LogP contribution in [0.25, 0.3) is 11.1 Å². The van der Waals surface area contributed by atoms with Crippen molar-refractivity contribution >= 4 is 17.3 Å². The lowest BCUT2D eigenvalue weighted by atomic mass is 9.99. The number of nitrogens with zero attached hydrogens (tertiary/aromatic N) is 2. The van der Waals surface area contributed by atoms with Gasteiger partial charge in [0.2, 0.25) is 5.95 Å². The Balaban J connectivity index is 1.82. The highest BCUT2D eigenvalue weighted by Crippen LogP contribution is 2.40. The molecule has 3 rings (SSSR count). The largest absolute Gasteiger partial charge is 0.388 e. The average Bonchev–Trinajstić information content (AvgIpc) is 2.91. The van der Waals surface area contributed by atoms with E-state index in [2.05, 4.69) is 15.0 Å². The summed E-state index contributed by atoms with van der Waals surface area (Å²) >= 11 is 4.83. The third-order valence-corrected chi connectivity index (χ3v) is 3.73. The van der Waals surface area contributed by atoms with Crippen molar-refractivity contribution in [1.29, 1.82) is 0 Å². The zero-order valence-electron chi connectivity index (χ0n) is 11.5. The van der Waals surface area contributed by atoms with Crippen molar-refractivity contribution in [3.63, 3.8) is 0 Å². The lowest BCUT2D eigenvalue weighted by molar-refractivity contribution is -0.272. The third-order valence-electron chi connectivity index (χ3n) is 3.43. The summed E-state index contributed by atoms with van der Waals surface area (Å²) in [6, 6.07) is 9.46. The van der Waals surface area contributed by atoms with Gasteiger partial charge in [-0.25, -0.2) is 4.98 Å². The van der Waals surface area contributed by atoms with Crippen molar-refractivity contribution in [2.45, 2.75) is 17.6 Å². The first-order chi connectivity index (χ1) is 10.8. The van der Waals surface area contributed by atoms with Crippen LogP contribution in [0.2, 0.25) is 0 Å². The minimum Gasteiger partial charge on any atom is -0.351 e. The Bertz CT molecular complexity index is 762. The molecule has 1 N–H and O–H groups in total. The smallest absolute Gasteiger partial charge is 0.351 e. The Kier molecular flexibility index (Phi) is 3.77. The van der Waals surface area contributed by atoms with Crippen molar-refractivity contribution in [1.82, 2.24) is 4.98 Å². The maximum atomic E-state index is 13.1. The van der Waals surface area contributed by atoms with Crippen molar-refractivity contribution in [3.05, 3.63) is 54.1 Å². The maximum Gasteiger partial charge on any atom is 0.388 e. The molecule has 120 valence electrons. The number of hydrogen-bond acceptors (Lipinski definition) is 4. The number of oxime groups is 1. The Hall–Kier alpha value is -2.12. The number of rotatable bonds is 3. The van der Waals surface area contributed by atoms with Gasteiger partial charge in [0.25, 0.3) is 0 Å². The monoisotopic (exact) mass is 342 g/mol. The van der Waals surface area contributed by atoms with Gasteiger partial charge < -0.3 is 9.94 Å². The highest BCUT2D eigenvalue weighted by atomic mass is 35.5. The molecule has 0 saturated carbocycles. The summed E-state index contributed by atoms with van der Waals surface area (Å²) in [5.74, 6) is -3.47. The molecule has 0 bridgehead atoms. The molecule has 1 aromatic heterocycles. The zero-order valence-corrected chi connectivity index (χ0v) is 12.3. The van der Waals surface area contributed by atoms with Gasteiger partial charge in [-0.05, 0) is 34.4 Å². The molecule has 0 fully saturated rings. The molecule has 1 aliphatic rings. The minimum absolute atomic E-state index is 0.139. The highest BCUT2D eigenvalue weighted by Gasteiger charge is 2.58. The van der Waals surface area contributed by atoms with Crippen LogP contribution in [0.3, 0.4) is 0 Å². The molecular formula is C15H10ClF3N2O2. The van der Waals surface area contributed by atoms with E-state index < -0.39 is 23.5 Å². The molecule has 4 nitrogen and oxygen atoms in total. The van der Waals surface area contributed by atoms with E-state index in [-0.39, 0.29) is 5.71 Å². The molecule has 1 aromatic carbocycles. The second kappa shape index (κ2) is 5.50. The van der Waals surface area contributed by atoms with Gasteiger partial charge in [-0.15, -0.1) is 0 Å². The lowest BCUT2D eigenvalue weighted by Gasteiger charge is -2.23. The number of pyridine rings is 1. The van der Waals surface area contributed by atoms with E-state index >= 15 is 0 Å². The van der Waals surface area contributed by atoms with E-state index in [1.54, 1.807) is 30.3 Å². The second-order valence-corrected chi connectivity index (χ2v) is 5.51. The predicted molar refractivity (Wildman–Crippen MR) is 77.6 cm³/mol. The van der Waals surface area contributed by atoms with Crippen molar-refractivity contribution in [2.24, 2.45) is 5.16 Å². The van der Waals surface area contributed by atoms with Crippen LogP contribution in [0.15, 0.2) is 47.8 Å². The molecule has 0 spiro atoms. The molecule has 2 heterocycles. The number of aliphatic hydroxyl groups is 1. The van der Waals surface area contributed by atoms with Crippen LogP contribution < -0.4 is 0 Å². The molecule has 0 aliphatic carbocycles. The molecule has 8 heteroatoms. The zero-order chi connectivity index (χ0) is 16.7. The van der Waals surface area contributed by atoms with Gasteiger partial charge in [-0.3, -0.25) is 0 Å². The van der Waals surface area contributed by atoms with Gasteiger partial charge in [0.1, 0.15) is 0 Å². The predicted octanol–water partition coefficient (Wildman–Crippen LogP) is 3.53. The number of alkyl halides is 3. The quantitative estimate of drug-likeness (QED) is 0.685. The van der Waals surface area contributed by atoms with Crippen LogP contribution >= 0.6 is 11.6 Å². The van der Waals surface area contributed by atoms with E-state index in [9.17, 15) is 18.3 Å². The number of halogens is 4. The van der Waals surface area contributed by atoms with E-state index in [4.69, 9.17) is 11.6 Å². The summed E-state index contributed by atoms with van der Waals surface area (Å²) in [6.45, 7) is 0. The van der Waals surface area contributed by atoms with Crippen LogP contribution in [-0.4, -0.2) is 27.0 Å². The topological polar surface area (TPSA) is 54.7 Å². The van der Waals surface area contributed by atoms with Gasteiger partial charge in [0, 0.05) is 12.3 Å². The summed E-state index contributed by atoms with van der Waals surface area (Å²) in [4.78, 5) is 7.88. The Labute approximate surface area is 134 Å². The summed E-state index contributed by atoms with van der Waals surface area (Å²) in [5.41, 5.74) is 1.96. The van der Waals surface area contributed by atoms with Crippen molar-refractivity contribution in [2.75, 3.05) is 0 Å². The van der Waals surface area contributed by atoms with Gasteiger partial charge >= 0.3 is 11.2 Å². The number of benzene rings is 1. The molecule has 1 atom stereocenters. The lowest BCUT2D eigenvalue weighted by Crippen LogP contribution is -2.44. The van der Waals surface area contributed by atoms with Crippen molar-refractivity contribution < 1.29 is 23.1 Å². The summed E-state index contributed by atoms with van der Waals surface area (Å²) < 4.78 is 39.3. The van der Waals surface area contributed by atoms with Crippen LogP contribution in [0.5, 0.6) is 0 Å². The highest BCUT2D eigenvalue weighted by molar-refractivity contribution is 6.22. The number of hydrogen-bond donors (Lipinski definition) is 1. The van der Waals surface area contributed by atoms with E-state index in [1.165, 1.54) is 12.3 Å². The van der Waals surface area contributed by atoms with Crippen LogP contribution in [0.1, 0.15) is 12.0 Å². The molecule has 1 aliphatic heterocycles. The van der Waals surface area contributed by atoms with Crippen LogP contribution in [0.4, 0.5) is 13.2 Å². The average molecular weight is 343 g/mol. The fourth-order valence-corrected chi connectivity index (χ4v) is 2.27. The molecule has 0 saturated heterocycles. The Morgan fingerprint density at radius 2 is 1.78 bits per heavy atom. The van der Waals surface area contributed by atoms with Gasteiger partial charge in [0.05, 0.1) is 12.1 Å². The SMILES string of the molecule is OC1(C(F)(F)Cl)CC(c2ccc(-c3ccnc(F)c3)cc2)=NO1. The van der Waals surface area contributed by atoms with Gasteiger partial charge in [-0.1, -0.05) is 29.4 Å². The fourth-order valence-electron chi connectivity index (χ4n) is 2.17. The van der Waals surface area contributed by atoms with Crippen LogP contribution in [-0.2, 0) is 4.84 Å². The minimum atomic E-state index is -3.97. The first kappa shape index (κ1) is 15.8. The van der Waals surface area contributed by atoms with Crippen LogP contribution in [0, 0.1) is 5.95 Å². The molecule has 1 unspecified atom stereocenters. The fraction of sp³-hybridized carbons (Fsp3) is 0.200. The van der Waals surface area contributed by atoms with E-state index in [1.807, 2.05) is 0 Å². The Morgan fingerprint density at radius 3 is 2.35 bits per heavy atom. The summed E-state index contributed by atoms with van der Waals surface area (Å²) in [5, 5.41) is 9.16. The standard InChI is InChI=1S/C15H10ClF3N2O2/c16-15(18,19)14(22)8-12(21-23-14)10-3-1-9(2-4-10)11-5-6-20-13(17)7-11/h1-7,22H,8H2. The molecule has 0 radical (unpaired) electrons. The molecule has 0 amide bonds. The first-order valence-corrected chi connectivity index (χ1v) is 6.93. The van der Waals surface area contributed by atoms with Gasteiger partial charge in [-0.2, -0.15) is 13.2 Å². The summed E-state index contributed by atoms with van der Waals surface area (Å²) in [6.07, 6.45) is 0.795. The summed E-state index contributed by atoms with van der Waals surface area (Å²) in [7, 11) is 0. The third kappa shape index (κ3) is 3.02. The first-order valence-electron chi connectivity index (χ1n) is 6.55. The molecule has 23 heavy (non-hydrogen) atoms. The number of aromatic nitrogens is 1. The van der Waals surface area contributed by atoms with E-state index in [0.29, 0.717) is 16.7 Å². The van der Waals surface area contributed by atoms with Crippen molar-refractivity contribution in [3.8, 4) is 11.1 Å². The van der Waals surface area contributed by atoms with Gasteiger partial charge in [0.15, 0.2) is 0 Å².